The van der Waals surface area contributed by atoms with Crippen LogP contribution in [-0.4, -0.2) is 26.2 Å². The largest absolute Gasteiger partial charge is 0.493 e. The van der Waals surface area contributed by atoms with Gasteiger partial charge in [-0.1, -0.05) is 0 Å². The van der Waals surface area contributed by atoms with Crippen molar-refractivity contribution >= 4 is 0 Å². The molecule has 1 unspecified atom stereocenters. The van der Waals surface area contributed by atoms with Gasteiger partial charge in [-0.3, -0.25) is 0 Å². The van der Waals surface area contributed by atoms with Crippen molar-refractivity contribution in [1.82, 2.24) is 0 Å². The number of halogens is 2. The molecule has 1 heterocycles. The molecule has 1 aliphatic heterocycles. The average molecular weight is 257 g/mol. The summed E-state index contributed by atoms with van der Waals surface area (Å²) in [5.74, 6) is -1.65. The van der Waals surface area contributed by atoms with Gasteiger partial charge < -0.3 is 19.9 Å². The first-order chi connectivity index (χ1) is 8.48. The van der Waals surface area contributed by atoms with E-state index in [0.29, 0.717) is 36.0 Å². The maximum atomic E-state index is 13.3. The van der Waals surface area contributed by atoms with E-state index in [0.717, 1.165) is 0 Å². The third kappa shape index (κ3) is 1.45. The van der Waals surface area contributed by atoms with Gasteiger partial charge in [0.2, 0.25) is 5.75 Å². The lowest BCUT2D eigenvalue weighted by molar-refractivity contribution is 0.0888. The molecule has 1 atom stereocenters. The predicted molar refractivity (Wildman–Crippen MR) is 59.4 cm³/mol. The molecule has 1 aliphatic carbocycles. The van der Waals surface area contributed by atoms with Crippen molar-refractivity contribution in [2.45, 2.75) is 17.9 Å². The van der Waals surface area contributed by atoms with Crippen LogP contribution in [0.4, 0.5) is 8.78 Å². The standard InChI is InChI=1S/C12H13F2NO3/c1-16-8-4-7(11(15)6-12(11,13)14)5-9-10(8)18-3-2-17-9/h4-5H,2-3,6,15H2,1H3. The molecule has 1 aromatic rings. The first kappa shape index (κ1) is 11.5. The van der Waals surface area contributed by atoms with E-state index in [1.165, 1.54) is 19.2 Å². The summed E-state index contributed by atoms with van der Waals surface area (Å²) in [5.41, 5.74) is 4.40. The Morgan fingerprint density at radius 3 is 2.56 bits per heavy atom. The van der Waals surface area contributed by atoms with Crippen molar-refractivity contribution in [3.8, 4) is 17.2 Å². The van der Waals surface area contributed by atoms with E-state index in [1.807, 2.05) is 0 Å². The van der Waals surface area contributed by atoms with Crippen LogP contribution in [0.5, 0.6) is 17.2 Å². The van der Waals surface area contributed by atoms with Gasteiger partial charge >= 0.3 is 0 Å². The summed E-state index contributed by atoms with van der Waals surface area (Å²) in [4.78, 5) is 0. The van der Waals surface area contributed by atoms with Gasteiger partial charge in [0.25, 0.3) is 5.92 Å². The molecule has 6 heteroatoms. The lowest BCUT2D eigenvalue weighted by Crippen LogP contribution is -2.27. The third-order valence-corrected chi connectivity index (χ3v) is 3.37. The Balaban J connectivity index is 2.08. The molecule has 1 fully saturated rings. The second kappa shape index (κ2) is 3.47. The molecule has 3 rings (SSSR count). The highest BCUT2D eigenvalue weighted by Gasteiger charge is 2.70. The number of rotatable bonds is 2. The number of ether oxygens (including phenoxy) is 3. The summed E-state index contributed by atoms with van der Waals surface area (Å²) in [5, 5.41) is 0. The highest BCUT2D eigenvalue weighted by molar-refractivity contribution is 5.57. The molecule has 18 heavy (non-hydrogen) atoms. The van der Waals surface area contributed by atoms with Gasteiger partial charge in [0, 0.05) is 6.42 Å². The van der Waals surface area contributed by atoms with Gasteiger partial charge in [-0.15, -0.1) is 0 Å². The van der Waals surface area contributed by atoms with Crippen LogP contribution in [-0.2, 0) is 5.54 Å². The zero-order valence-electron chi connectivity index (χ0n) is 9.83. The number of benzene rings is 1. The van der Waals surface area contributed by atoms with E-state index in [9.17, 15) is 8.78 Å². The van der Waals surface area contributed by atoms with E-state index in [1.54, 1.807) is 0 Å². The van der Waals surface area contributed by atoms with Crippen molar-refractivity contribution in [2.24, 2.45) is 5.73 Å². The number of methoxy groups -OCH3 is 1. The van der Waals surface area contributed by atoms with Crippen LogP contribution in [0.25, 0.3) is 0 Å². The summed E-state index contributed by atoms with van der Waals surface area (Å²) < 4.78 is 42.5. The molecule has 0 saturated heterocycles. The molecule has 2 N–H and O–H groups in total. The highest BCUT2D eigenvalue weighted by Crippen LogP contribution is 2.59. The number of alkyl halides is 2. The van der Waals surface area contributed by atoms with E-state index < -0.39 is 11.5 Å². The molecule has 4 nitrogen and oxygen atoms in total. The molecule has 0 spiro atoms. The first-order valence-electron chi connectivity index (χ1n) is 5.63. The number of hydrogen-bond donors (Lipinski definition) is 1. The van der Waals surface area contributed by atoms with Crippen LogP contribution >= 0.6 is 0 Å². The normalized spacial score (nSPS) is 27.8. The summed E-state index contributed by atoms with van der Waals surface area (Å²) in [6, 6.07) is 3.01. The highest BCUT2D eigenvalue weighted by atomic mass is 19.3. The molecule has 1 aromatic carbocycles. The second-order valence-corrected chi connectivity index (χ2v) is 4.56. The summed E-state index contributed by atoms with van der Waals surface area (Å²) >= 11 is 0. The zero-order chi connectivity index (χ0) is 13.0. The van der Waals surface area contributed by atoms with Gasteiger partial charge in [0.15, 0.2) is 11.5 Å². The fraction of sp³-hybridized carbons (Fsp3) is 0.500. The fourth-order valence-electron chi connectivity index (χ4n) is 2.15. The molecule has 0 radical (unpaired) electrons. The summed E-state index contributed by atoms with van der Waals surface area (Å²) in [6.07, 6.45) is -0.358. The van der Waals surface area contributed by atoms with Gasteiger partial charge in [0.1, 0.15) is 18.8 Å². The van der Waals surface area contributed by atoms with Crippen LogP contribution in [0.1, 0.15) is 12.0 Å². The Morgan fingerprint density at radius 2 is 1.94 bits per heavy atom. The number of nitrogens with two attached hydrogens (primary N) is 1. The van der Waals surface area contributed by atoms with Crippen LogP contribution in [0, 0.1) is 0 Å². The molecule has 0 aromatic heterocycles. The van der Waals surface area contributed by atoms with Crippen molar-refractivity contribution < 1.29 is 23.0 Å². The zero-order valence-corrected chi connectivity index (χ0v) is 9.83. The molecular weight excluding hydrogens is 244 g/mol. The Bertz CT molecular complexity index is 489. The van der Waals surface area contributed by atoms with Crippen LogP contribution in [0.2, 0.25) is 0 Å². The minimum absolute atomic E-state index is 0.314. The lowest BCUT2D eigenvalue weighted by atomic mass is 10.0. The van der Waals surface area contributed by atoms with Gasteiger partial charge in [-0.25, -0.2) is 8.78 Å². The molecule has 0 bridgehead atoms. The van der Waals surface area contributed by atoms with E-state index in [-0.39, 0.29) is 6.42 Å². The van der Waals surface area contributed by atoms with Gasteiger partial charge in [0.05, 0.1) is 7.11 Å². The average Bonchev–Trinajstić information content (AvgIpc) is 2.88. The number of fused-ring (bicyclic) bond motifs is 1. The van der Waals surface area contributed by atoms with E-state index in [4.69, 9.17) is 19.9 Å². The molecular formula is C12H13F2NO3. The molecule has 1 saturated carbocycles. The number of hydrogen-bond acceptors (Lipinski definition) is 4. The van der Waals surface area contributed by atoms with Crippen LogP contribution in [0.3, 0.4) is 0 Å². The molecule has 2 aliphatic rings. The summed E-state index contributed by atoms with van der Waals surface area (Å²) in [7, 11) is 1.45. The van der Waals surface area contributed by atoms with Crippen molar-refractivity contribution in [2.75, 3.05) is 20.3 Å². The maximum absolute atomic E-state index is 13.3. The minimum Gasteiger partial charge on any atom is -0.493 e. The Kier molecular flexibility index (Phi) is 2.22. The van der Waals surface area contributed by atoms with Gasteiger partial charge in [-0.05, 0) is 17.7 Å². The van der Waals surface area contributed by atoms with Crippen LogP contribution in [0.15, 0.2) is 12.1 Å². The third-order valence-electron chi connectivity index (χ3n) is 3.37. The van der Waals surface area contributed by atoms with Crippen molar-refractivity contribution in [3.63, 3.8) is 0 Å². The Morgan fingerprint density at radius 1 is 1.28 bits per heavy atom. The van der Waals surface area contributed by atoms with Crippen molar-refractivity contribution in [1.29, 1.82) is 0 Å². The monoisotopic (exact) mass is 257 g/mol. The lowest BCUT2D eigenvalue weighted by Gasteiger charge is -2.23. The Labute approximate surface area is 103 Å². The van der Waals surface area contributed by atoms with Crippen molar-refractivity contribution in [3.05, 3.63) is 17.7 Å². The molecule has 0 amide bonds. The fourth-order valence-corrected chi connectivity index (χ4v) is 2.15. The van der Waals surface area contributed by atoms with Crippen LogP contribution < -0.4 is 19.9 Å². The Hall–Kier alpha value is -1.56. The second-order valence-electron chi connectivity index (χ2n) is 4.56. The smallest absolute Gasteiger partial charge is 0.272 e. The molecule has 98 valence electrons. The quantitative estimate of drug-likeness (QED) is 0.875. The topological polar surface area (TPSA) is 53.7 Å². The predicted octanol–water partition coefficient (Wildman–Crippen LogP) is 1.66. The van der Waals surface area contributed by atoms with Gasteiger partial charge in [-0.2, -0.15) is 0 Å². The van der Waals surface area contributed by atoms with E-state index in [2.05, 4.69) is 0 Å². The first-order valence-corrected chi connectivity index (χ1v) is 5.63. The summed E-state index contributed by atoms with van der Waals surface area (Å²) in [6.45, 7) is 0.792. The maximum Gasteiger partial charge on any atom is 0.272 e. The SMILES string of the molecule is COc1cc(C2(N)CC2(F)F)cc2c1OCCO2. The van der Waals surface area contributed by atoms with E-state index >= 15 is 0 Å². The minimum atomic E-state index is -2.87.